The molecule has 6 heteroatoms. The van der Waals surface area contributed by atoms with Crippen LogP contribution < -0.4 is 10.6 Å². The first-order chi connectivity index (χ1) is 18.9. The fourth-order valence-electron chi connectivity index (χ4n) is 4.30. The fraction of sp³-hybridized carbons (Fsp3) is 0.424. The number of hydrogen-bond donors (Lipinski definition) is 2. The average molecular weight is 528 g/mol. The van der Waals surface area contributed by atoms with Gasteiger partial charge in [0.25, 0.3) is 0 Å². The number of benzene rings is 2. The van der Waals surface area contributed by atoms with E-state index in [-0.39, 0.29) is 0 Å². The van der Waals surface area contributed by atoms with Crippen LogP contribution in [0.4, 0.5) is 5.82 Å². The Morgan fingerprint density at radius 3 is 2.56 bits per heavy atom. The summed E-state index contributed by atoms with van der Waals surface area (Å²) < 4.78 is 5.36. The monoisotopic (exact) mass is 527 g/mol. The molecule has 208 valence electrons. The molecule has 2 atom stereocenters. The van der Waals surface area contributed by atoms with Crippen molar-refractivity contribution in [3.63, 3.8) is 0 Å². The van der Waals surface area contributed by atoms with E-state index >= 15 is 0 Å². The van der Waals surface area contributed by atoms with Gasteiger partial charge in [-0.25, -0.2) is 9.97 Å². The second kappa shape index (κ2) is 15.3. The molecule has 0 aliphatic carbocycles. The van der Waals surface area contributed by atoms with Gasteiger partial charge < -0.3 is 15.4 Å². The molecule has 1 aromatic heterocycles. The predicted octanol–water partition coefficient (Wildman–Crippen LogP) is 7.12. The van der Waals surface area contributed by atoms with Gasteiger partial charge in [0.15, 0.2) is 0 Å². The Balaban J connectivity index is 0.000000449. The van der Waals surface area contributed by atoms with Gasteiger partial charge in [-0.2, -0.15) is 0 Å². The molecule has 0 saturated carbocycles. The number of fused-ring (bicyclic) bond motifs is 1. The topological polar surface area (TPSA) is 71.4 Å². The van der Waals surface area contributed by atoms with Gasteiger partial charge in [0.05, 0.1) is 18.2 Å². The molecule has 1 saturated heterocycles. The van der Waals surface area contributed by atoms with Crippen LogP contribution >= 0.6 is 0 Å². The highest BCUT2D eigenvalue weighted by Gasteiger charge is 2.15. The number of ether oxygens (including phenoxy) is 1. The van der Waals surface area contributed by atoms with Crippen molar-refractivity contribution >= 4 is 22.4 Å². The predicted molar refractivity (Wildman–Crippen MR) is 167 cm³/mol. The molecule has 39 heavy (non-hydrogen) atoms. The molecule has 0 radical (unpaired) electrons. The quantitative estimate of drug-likeness (QED) is 0.229. The SMILES string of the molecule is C=C(/C=C\C(C)=NC)CNc1ncnc2c(C(C)CC)cc(-c3ccc(C)cc3)cc12.CCC1CNCCO1. The fourth-order valence-corrected chi connectivity index (χ4v) is 4.30. The van der Waals surface area contributed by atoms with E-state index in [4.69, 9.17) is 4.74 Å². The highest BCUT2D eigenvalue weighted by Crippen LogP contribution is 2.34. The van der Waals surface area contributed by atoms with Crippen LogP contribution in [-0.4, -0.2) is 55.1 Å². The van der Waals surface area contributed by atoms with Gasteiger partial charge in [0.2, 0.25) is 0 Å². The summed E-state index contributed by atoms with van der Waals surface area (Å²) in [6.07, 6.45) is 8.27. The lowest BCUT2D eigenvalue weighted by atomic mass is 9.91. The first kappa shape index (κ1) is 30.2. The van der Waals surface area contributed by atoms with Crippen molar-refractivity contribution in [3.8, 4) is 11.1 Å². The number of aliphatic imine (C=N–C) groups is 1. The molecule has 0 bridgehead atoms. The Morgan fingerprint density at radius 2 is 1.95 bits per heavy atom. The Kier molecular flexibility index (Phi) is 11.8. The van der Waals surface area contributed by atoms with Gasteiger partial charge in [-0.3, -0.25) is 4.99 Å². The number of hydrogen-bond acceptors (Lipinski definition) is 6. The molecular weight excluding hydrogens is 482 g/mol. The molecule has 2 heterocycles. The van der Waals surface area contributed by atoms with Crippen LogP contribution in [0.3, 0.4) is 0 Å². The molecule has 2 aromatic carbocycles. The maximum atomic E-state index is 5.36. The Labute approximate surface area is 234 Å². The molecule has 0 spiro atoms. The zero-order valence-electron chi connectivity index (χ0n) is 24.6. The van der Waals surface area contributed by atoms with Crippen LogP contribution in [0.5, 0.6) is 0 Å². The maximum absolute atomic E-state index is 5.36. The molecule has 4 rings (SSSR count). The van der Waals surface area contributed by atoms with Crippen LogP contribution in [0.15, 0.2) is 72.0 Å². The van der Waals surface area contributed by atoms with E-state index in [1.54, 1.807) is 13.4 Å². The minimum absolute atomic E-state index is 0.407. The van der Waals surface area contributed by atoms with Crippen molar-refractivity contribution in [2.45, 2.75) is 59.5 Å². The number of anilines is 1. The van der Waals surface area contributed by atoms with Crippen LogP contribution in [-0.2, 0) is 4.74 Å². The largest absolute Gasteiger partial charge is 0.376 e. The summed E-state index contributed by atoms with van der Waals surface area (Å²) in [5, 5.41) is 7.76. The van der Waals surface area contributed by atoms with Crippen LogP contribution in [0.25, 0.3) is 22.0 Å². The number of morpholine rings is 1. The smallest absolute Gasteiger partial charge is 0.137 e. The average Bonchev–Trinajstić information content (AvgIpc) is 2.98. The van der Waals surface area contributed by atoms with Gasteiger partial charge >= 0.3 is 0 Å². The van der Waals surface area contributed by atoms with E-state index < -0.39 is 0 Å². The lowest BCUT2D eigenvalue weighted by Gasteiger charge is -2.21. The molecule has 2 unspecified atom stereocenters. The van der Waals surface area contributed by atoms with Crippen LogP contribution in [0.2, 0.25) is 0 Å². The molecule has 1 aliphatic heterocycles. The number of nitrogens with one attached hydrogen (secondary N) is 2. The van der Waals surface area contributed by atoms with Gasteiger partial charge in [-0.05, 0) is 73.1 Å². The lowest BCUT2D eigenvalue weighted by molar-refractivity contribution is 0.0267. The van der Waals surface area contributed by atoms with E-state index in [1.807, 2.05) is 19.1 Å². The molecule has 6 nitrogen and oxygen atoms in total. The molecule has 1 aliphatic rings. The standard InChI is InChI=1S/C27H32N4.C6H13NO/c1-7-20(4)24-14-23(22-12-9-18(2)10-13-22)15-25-26(24)30-17-31-27(25)29-16-19(3)8-11-21(5)28-6;1-2-6-5-7-3-4-8-6/h8-15,17,20H,3,7,16H2,1-2,4-6H3,(H,29,30,31);6-7H,2-5H2,1H3/b11-8-,28-21?;. The highest BCUT2D eigenvalue weighted by molar-refractivity contribution is 5.95. The number of aryl methyl sites for hydroxylation is 1. The van der Waals surface area contributed by atoms with Crippen LogP contribution in [0.1, 0.15) is 57.6 Å². The second-order valence-corrected chi connectivity index (χ2v) is 10.2. The van der Waals surface area contributed by atoms with Crippen LogP contribution in [0, 0.1) is 6.92 Å². The molecule has 3 aromatic rings. The third kappa shape index (κ3) is 8.84. The first-order valence-corrected chi connectivity index (χ1v) is 14.1. The zero-order valence-corrected chi connectivity index (χ0v) is 24.6. The summed E-state index contributed by atoms with van der Waals surface area (Å²) in [5.41, 5.74) is 7.85. The first-order valence-electron chi connectivity index (χ1n) is 14.1. The van der Waals surface area contributed by atoms with Gasteiger partial charge in [-0.1, -0.05) is 63.3 Å². The number of aromatic nitrogens is 2. The van der Waals surface area contributed by atoms with Crippen molar-refractivity contribution in [2.75, 3.05) is 38.6 Å². The number of allylic oxidation sites excluding steroid dienone is 1. The van der Waals surface area contributed by atoms with E-state index in [2.05, 4.69) is 96.3 Å². The van der Waals surface area contributed by atoms with E-state index in [1.165, 1.54) is 22.3 Å². The van der Waals surface area contributed by atoms with E-state index in [9.17, 15) is 0 Å². The second-order valence-electron chi connectivity index (χ2n) is 10.2. The Hall–Kier alpha value is -3.35. The van der Waals surface area contributed by atoms with Crippen molar-refractivity contribution in [1.29, 1.82) is 0 Å². The molecule has 0 amide bonds. The van der Waals surface area contributed by atoms with Crippen molar-refractivity contribution in [2.24, 2.45) is 4.99 Å². The number of nitrogens with zero attached hydrogens (tertiary/aromatic N) is 3. The summed E-state index contributed by atoms with van der Waals surface area (Å²) in [7, 11) is 1.79. The van der Waals surface area contributed by atoms with E-state index in [0.717, 1.165) is 60.5 Å². The third-order valence-electron chi connectivity index (χ3n) is 7.15. The van der Waals surface area contributed by atoms with Crippen molar-refractivity contribution in [1.82, 2.24) is 15.3 Å². The van der Waals surface area contributed by atoms with E-state index in [0.29, 0.717) is 18.6 Å². The van der Waals surface area contributed by atoms with Crippen molar-refractivity contribution < 1.29 is 4.74 Å². The third-order valence-corrected chi connectivity index (χ3v) is 7.15. The summed E-state index contributed by atoms with van der Waals surface area (Å²) >= 11 is 0. The Bertz CT molecular complexity index is 1270. The minimum atomic E-state index is 0.407. The summed E-state index contributed by atoms with van der Waals surface area (Å²) in [4.78, 5) is 13.4. The summed E-state index contributed by atoms with van der Waals surface area (Å²) in [6.45, 7) is 18.4. The maximum Gasteiger partial charge on any atom is 0.137 e. The molecule has 2 N–H and O–H groups in total. The van der Waals surface area contributed by atoms with Gasteiger partial charge in [-0.15, -0.1) is 0 Å². The minimum Gasteiger partial charge on any atom is -0.376 e. The zero-order chi connectivity index (χ0) is 28.2. The number of rotatable bonds is 9. The normalized spacial score (nSPS) is 16.6. The molecular formula is C33H45N5O. The Morgan fingerprint density at radius 1 is 1.18 bits per heavy atom. The van der Waals surface area contributed by atoms with Crippen molar-refractivity contribution in [3.05, 3.63) is 78.2 Å². The summed E-state index contributed by atoms with van der Waals surface area (Å²) in [6, 6.07) is 13.1. The molecule has 1 fully saturated rings. The summed E-state index contributed by atoms with van der Waals surface area (Å²) in [5.74, 6) is 1.24. The van der Waals surface area contributed by atoms with Gasteiger partial charge in [0.1, 0.15) is 12.1 Å². The van der Waals surface area contributed by atoms with Gasteiger partial charge in [0, 0.05) is 37.8 Å². The highest BCUT2D eigenvalue weighted by atomic mass is 16.5. The lowest BCUT2D eigenvalue weighted by Crippen LogP contribution is -2.37.